The van der Waals surface area contributed by atoms with Crippen LogP contribution in [0.1, 0.15) is 38.0 Å². The molecule has 4 rings (SSSR count). The zero-order chi connectivity index (χ0) is 20.2. The van der Waals surface area contributed by atoms with Crippen LogP contribution in [0.5, 0.6) is 0 Å². The van der Waals surface area contributed by atoms with Crippen LogP contribution in [0.15, 0.2) is 29.0 Å². The SMILES string of the molecule is Cc1ncn2c1Cn1nc(CN(C)C(=O)C(C)(C)C)nc1-c1cc(Br)ccc1-2. The fraction of sp³-hybridized carbons (Fsp3) is 0.400. The molecule has 0 N–H and O–H groups in total. The van der Waals surface area contributed by atoms with E-state index < -0.39 is 5.41 Å². The fourth-order valence-electron chi connectivity index (χ4n) is 3.52. The summed E-state index contributed by atoms with van der Waals surface area (Å²) in [7, 11) is 1.80. The molecule has 0 aliphatic carbocycles. The first-order valence-electron chi connectivity index (χ1n) is 9.17. The number of fused-ring (bicyclic) bond motifs is 5. The van der Waals surface area contributed by atoms with E-state index in [0.717, 1.165) is 32.9 Å². The number of carbonyl (C=O) groups is 1. The van der Waals surface area contributed by atoms with Crippen LogP contribution in [0.4, 0.5) is 0 Å². The number of imidazole rings is 1. The number of rotatable bonds is 2. The van der Waals surface area contributed by atoms with Crippen molar-refractivity contribution in [2.45, 2.75) is 40.8 Å². The molecule has 0 saturated carbocycles. The monoisotopic (exact) mass is 442 g/mol. The zero-order valence-corrected chi connectivity index (χ0v) is 18.3. The van der Waals surface area contributed by atoms with Crippen molar-refractivity contribution in [1.29, 1.82) is 0 Å². The molecule has 1 aliphatic rings. The molecule has 0 unspecified atom stereocenters. The van der Waals surface area contributed by atoms with Crippen molar-refractivity contribution in [3.05, 3.63) is 46.2 Å². The first-order chi connectivity index (χ1) is 13.1. The molecule has 0 spiro atoms. The second-order valence-corrected chi connectivity index (χ2v) is 9.14. The lowest BCUT2D eigenvalue weighted by Crippen LogP contribution is -2.36. The minimum atomic E-state index is -0.438. The van der Waals surface area contributed by atoms with E-state index >= 15 is 0 Å². The molecule has 1 aliphatic heterocycles. The molecule has 3 heterocycles. The number of amides is 1. The number of carbonyl (C=O) groups excluding carboxylic acids is 1. The van der Waals surface area contributed by atoms with Gasteiger partial charge in [0.2, 0.25) is 5.91 Å². The van der Waals surface area contributed by atoms with Gasteiger partial charge in [-0.2, -0.15) is 5.10 Å². The maximum Gasteiger partial charge on any atom is 0.228 e. The van der Waals surface area contributed by atoms with Crippen LogP contribution < -0.4 is 0 Å². The lowest BCUT2D eigenvalue weighted by Gasteiger charge is -2.24. The average molecular weight is 443 g/mol. The van der Waals surface area contributed by atoms with Crippen LogP contribution >= 0.6 is 15.9 Å². The van der Waals surface area contributed by atoms with E-state index in [1.54, 1.807) is 11.9 Å². The van der Waals surface area contributed by atoms with Gasteiger partial charge < -0.3 is 9.47 Å². The van der Waals surface area contributed by atoms with Crippen LogP contribution in [0, 0.1) is 12.3 Å². The predicted octanol–water partition coefficient (Wildman–Crippen LogP) is 3.57. The first kappa shape index (κ1) is 18.9. The maximum absolute atomic E-state index is 12.5. The lowest BCUT2D eigenvalue weighted by molar-refractivity contribution is -0.138. The Morgan fingerprint density at radius 1 is 1.32 bits per heavy atom. The summed E-state index contributed by atoms with van der Waals surface area (Å²) in [6.45, 7) is 8.70. The fourth-order valence-corrected chi connectivity index (χ4v) is 3.88. The summed E-state index contributed by atoms with van der Waals surface area (Å²) in [5.74, 6) is 1.49. The third-order valence-electron chi connectivity index (χ3n) is 4.92. The Morgan fingerprint density at radius 3 is 2.79 bits per heavy atom. The van der Waals surface area contributed by atoms with Crippen molar-refractivity contribution in [1.82, 2.24) is 29.2 Å². The molecule has 0 saturated heterocycles. The van der Waals surface area contributed by atoms with E-state index in [1.165, 1.54) is 0 Å². The number of hydrogen-bond donors (Lipinski definition) is 0. The molecular weight excluding hydrogens is 420 g/mol. The Balaban J connectivity index is 1.78. The normalized spacial score (nSPS) is 12.8. The average Bonchev–Trinajstić information content (AvgIpc) is 3.14. The van der Waals surface area contributed by atoms with Gasteiger partial charge in [-0.15, -0.1) is 0 Å². The number of nitrogens with zero attached hydrogens (tertiary/aromatic N) is 6. The van der Waals surface area contributed by atoms with Crippen molar-refractivity contribution < 1.29 is 4.79 Å². The van der Waals surface area contributed by atoms with Crippen LogP contribution in [0.3, 0.4) is 0 Å². The van der Waals surface area contributed by atoms with E-state index in [0.29, 0.717) is 18.9 Å². The van der Waals surface area contributed by atoms with Gasteiger partial charge in [0, 0.05) is 22.5 Å². The Hall–Kier alpha value is -2.48. The van der Waals surface area contributed by atoms with E-state index in [9.17, 15) is 4.79 Å². The molecule has 0 radical (unpaired) electrons. The molecule has 0 atom stereocenters. The summed E-state index contributed by atoms with van der Waals surface area (Å²) in [5, 5.41) is 4.72. The number of halogens is 1. The Bertz CT molecular complexity index is 1080. The van der Waals surface area contributed by atoms with Gasteiger partial charge in [-0.05, 0) is 25.1 Å². The Kier molecular flexibility index (Phi) is 4.41. The van der Waals surface area contributed by atoms with Crippen molar-refractivity contribution in [2.75, 3.05) is 7.05 Å². The van der Waals surface area contributed by atoms with E-state index in [-0.39, 0.29) is 5.91 Å². The van der Waals surface area contributed by atoms with Crippen LogP contribution in [0.25, 0.3) is 17.1 Å². The van der Waals surface area contributed by atoms with Gasteiger partial charge in [0.25, 0.3) is 0 Å². The molecule has 8 heteroatoms. The quantitative estimate of drug-likeness (QED) is 0.475. The molecule has 146 valence electrons. The molecule has 0 bridgehead atoms. The van der Waals surface area contributed by atoms with Gasteiger partial charge in [-0.1, -0.05) is 36.7 Å². The molecule has 7 nitrogen and oxygen atoms in total. The Labute approximate surface area is 172 Å². The molecule has 1 aromatic carbocycles. The molecule has 2 aromatic heterocycles. The number of hydrogen-bond acceptors (Lipinski definition) is 4. The standard InChI is InChI=1S/C20H23BrN6O/c1-12-16-9-27-18(14-8-13(21)6-7-15(14)26(16)11-22-12)23-17(24-27)10-25(5)19(28)20(2,3)4/h6-8,11H,9-10H2,1-5H3. The van der Waals surface area contributed by atoms with Gasteiger partial charge in [0.15, 0.2) is 11.6 Å². The predicted molar refractivity (Wildman–Crippen MR) is 110 cm³/mol. The maximum atomic E-state index is 12.5. The summed E-state index contributed by atoms with van der Waals surface area (Å²) in [4.78, 5) is 23.5. The molecular formula is C20H23BrN6O. The highest BCUT2D eigenvalue weighted by atomic mass is 79.9. The Morgan fingerprint density at radius 2 is 2.07 bits per heavy atom. The van der Waals surface area contributed by atoms with Crippen LogP contribution in [0.2, 0.25) is 0 Å². The van der Waals surface area contributed by atoms with Crippen molar-refractivity contribution in [3.8, 4) is 17.1 Å². The smallest absolute Gasteiger partial charge is 0.228 e. The highest BCUT2D eigenvalue weighted by molar-refractivity contribution is 9.10. The number of benzene rings is 1. The topological polar surface area (TPSA) is 68.8 Å². The van der Waals surface area contributed by atoms with Crippen LogP contribution in [-0.2, 0) is 17.9 Å². The molecule has 3 aromatic rings. The third-order valence-corrected chi connectivity index (χ3v) is 5.41. The molecule has 1 amide bonds. The van der Waals surface area contributed by atoms with Gasteiger partial charge in [-0.25, -0.2) is 14.6 Å². The second-order valence-electron chi connectivity index (χ2n) is 8.23. The second kappa shape index (κ2) is 6.55. The van der Waals surface area contributed by atoms with Gasteiger partial charge in [0.1, 0.15) is 0 Å². The zero-order valence-electron chi connectivity index (χ0n) is 16.7. The van der Waals surface area contributed by atoms with Crippen LogP contribution in [-0.4, -0.2) is 42.2 Å². The number of aryl methyl sites for hydroxylation is 1. The van der Waals surface area contributed by atoms with Crippen molar-refractivity contribution in [3.63, 3.8) is 0 Å². The summed E-state index contributed by atoms with van der Waals surface area (Å²) in [6, 6.07) is 6.12. The molecule has 0 fully saturated rings. The molecule has 28 heavy (non-hydrogen) atoms. The summed E-state index contributed by atoms with van der Waals surface area (Å²) in [6.07, 6.45) is 1.85. The summed E-state index contributed by atoms with van der Waals surface area (Å²) < 4.78 is 4.98. The highest BCUT2D eigenvalue weighted by Gasteiger charge is 2.28. The van der Waals surface area contributed by atoms with Gasteiger partial charge in [0.05, 0.1) is 36.5 Å². The van der Waals surface area contributed by atoms with Crippen molar-refractivity contribution in [2.24, 2.45) is 5.41 Å². The first-order valence-corrected chi connectivity index (χ1v) is 9.97. The van der Waals surface area contributed by atoms with E-state index in [1.807, 2.05) is 50.8 Å². The third kappa shape index (κ3) is 3.15. The minimum Gasteiger partial charge on any atom is -0.338 e. The summed E-state index contributed by atoms with van der Waals surface area (Å²) in [5.41, 5.74) is 3.62. The van der Waals surface area contributed by atoms with E-state index in [2.05, 4.69) is 31.5 Å². The minimum absolute atomic E-state index is 0.0644. The van der Waals surface area contributed by atoms with Crippen molar-refractivity contribution >= 4 is 21.8 Å². The lowest BCUT2D eigenvalue weighted by atomic mass is 9.95. The van der Waals surface area contributed by atoms with E-state index in [4.69, 9.17) is 10.1 Å². The van der Waals surface area contributed by atoms with Gasteiger partial charge in [-0.3, -0.25) is 4.79 Å². The largest absolute Gasteiger partial charge is 0.338 e. The van der Waals surface area contributed by atoms with Gasteiger partial charge >= 0.3 is 0 Å². The number of aromatic nitrogens is 5. The summed E-state index contributed by atoms with van der Waals surface area (Å²) >= 11 is 3.57. The highest BCUT2D eigenvalue weighted by Crippen LogP contribution is 2.33.